The van der Waals surface area contributed by atoms with E-state index in [0.29, 0.717) is 10.0 Å². The maximum absolute atomic E-state index is 6.46. The molecule has 2 rings (SSSR count). The highest BCUT2D eigenvalue weighted by molar-refractivity contribution is 6.35. The summed E-state index contributed by atoms with van der Waals surface area (Å²) in [5, 5.41) is 1.36. The van der Waals surface area contributed by atoms with Crippen molar-refractivity contribution in [1.29, 1.82) is 0 Å². The lowest BCUT2D eigenvalue weighted by atomic mass is 9.85. The molecule has 1 aromatic rings. The molecular formula is C15H19Cl3. The monoisotopic (exact) mass is 304 g/mol. The summed E-state index contributed by atoms with van der Waals surface area (Å²) >= 11 is 18.5. The molecule has 0 bridgehead atoms. The highest BCUT2D eigenvalue weighted by atomic mass is 35.5. The van der Waals surface area contributed by atoms with E-state index in [-0.39, 0.29) is 5.38 Å². The van der Waals surface area contributed by atoms with Gasteiger partial charge in [-0.3, -0.25) is 0 Å². The molecule has 3 heteroatoms. The maximum atomic E-state index is 6.46. The third kappa shape index (κ3) is 4.05. The first kappa shape index (κ1) is 14.5. The van der Waals surface area contributed by atoms with Crippen molar-refractivity contribution in [3.8, 4) is 0 Å². The van der Waals surface area contributed by atoms with E-state index in [4.69, 9.17) is 34.8 Å². The van der Waals surface area contributed by atoms with Crippen molar-refractivity contribution in [3.63, 3.8) is 0 Å². The first-order valence-corrected chi connectivity index (χ1v) is 7.95. The zero-order valence-electron chi connectivity index (χ0n) is 10.5. The molecule has 1 fully saturated rings. The van der Waals surface area contributed by atoms with Crippen molar-refractivity contribution in [1.82, 2.24) is 0 Å². The fourth-order valence-electron chi connectivity index (χ4n) is 2.77. The van der Waals surface area contributed by atoms with Crippen LogP contribution in [0.4, 0.5) is 0 Å². The molecule has 1 atom stereocenters. The second-order valence-electron chi connectivity index (χ2n) is 5.21. The van der Waals surface area contributed by atoms with Crippen molar-refractivity contribution in [2.45, 2.75) is 50.3 Å². The molecule has 100 valence electrons. The molecule has 1 unspecified atom stereocenters. The van der Waals surface area contributed by atoms with Crippen LogP contribution in [0.5, 0.6) is 0 Å². The van der Waals surface area contributed by atoms with Crippen LogP contribution in [0.1, 0.15) is 55.9 Å². The maximum Gasteiger partial charge on any atom is 0.0600 e. The fourth-order valence-corrected chi connectivity index (χ4v) is 3.68. The molecule has 0 aliphatic heterocycles. The summed E-state index contributed by atoms with van der Waals surface area (Å²) in [6.07, 6.45) is 9.15. The zero-order valence-corrected chi connectivity index (χ0v) is 12.7. The van der Waals surface area contributed by atoms with Crippen molar-refractivity contribution < 1.29 is 0 Å². The summed E-state index contributed by atoms with van der Waals surface area (Å²) in [4.78, 5) is 0. The van der Waals surface area contributed by atoms with Gasteiger partial charge in [-0.05, 0) is 36.5 Å². The molecule has 0 saturated heterocycles. The van der Waals surface area contributed by atoms with Crippen LogP contribution in [0.25, 0.3) is 0 Å². The molecule has 0 amide bonds. The molecule has 0 N–H and O–H groups in total. The van der Waals surface area contributed by atoms with E-state index in [1.165, 1.54) is 38.5 Å². The van der Waals surface area contributed by atoms with Gasteiger partial charge in [-0.25, -0.2) is 0 Å². The largest absolute Gasteiger partial charge is 0.118 e. The summed E-state index contributed by atoms with van der Waals surface area (Å²) in [6.45, 7) is 0. The lowest BCUT2D eigenvalue weighted by molar-refractivity contribution is 0.331. The molecular weight excluding hydrogens is 287 g/mol. The van der Waals surface area contributed by atoms with E-state index in [1.807, 2.05) is 12.1 Å². The smallest absolute Gasteiger partial charge is 0.0600 e. The molecule has 0 heterocycles. The van der Waals surface area contributed by atoms with Crippen molar-refractivity contribution in [2.24, 2.45) is 5.92 Å². The predicted octanol–water partition coefficient (Wildman–Crippen LogP) is 6.63. The minimum absolute atomic E-state index is 0.0108. The van der Waals surface area contributed by atoms with Crippen LogP contribution in [0.15, 0.2) is 18.2 Å². The van der Waals surface area contributed by atoms with E-state index in [0.717, 1.165) is 17.9 Å². The van der Waals surface area contributed by atoms with Gasteiger partial charge in [0.25, 0.3) is 0 Å². The van der Waals surface area contributed by atoms with E-state index < -0.39 is 0 Å². The Morgan fingerprint density at radius 1 is 1.11 bits per heavy atom. The lowest BCUT2D eigenvalue weighted by Gasteiger charge is -2.22. The Morgan fingerprint density at radius 3 is 2.50 bits per heavy atom. The standard InChI is InChI=1S/C15H19Cl3/c16-12-7-8-13(15(18)10-12)14(17)9-6-11-4-2-1-3-5-11/h7-8,10-11,14H,1-6,9H2. The van der Waals surface area contributed by atoms with E-state index in [2.05, 4.69) is 0 Å². The van der Waals surface area contributed by atoms with Crippen LogP contribution in [0.2, 0.25) is 10.0 Å². The summed E-state index contributed by atoms with van der Waals surface area (Å²) < 4.78 is 0. The third-order valence-electron chi connectivity index (χ3n) is 3.85. The first-order valence-electron chi connectivity index (χ1n) is 6.76. The average Bonchev–Trinajstić information content (AvgIpc) is 2.37. The summed E-state index contributed by atoms with van der Waals surface area (Å²) in [6, 6.07) is 5.58. The third-order valence-corrected chi connectivity index (χ3v) is 4.87. The minimum Gasteiger partial charge on any atom is -0.118 e. The Labute approximate surface area is 125 Å². The van der Waals surface area contributed by atoms with Crippen LogP contribution in [0.3, 0.4) is 0 Å². The Morgan fingerprint density at radius 2 is 1.83 bits per heavy atom. The van der Waals surface area contributed by atoms with Crippen molar-refractivity contribution in [3.05, 3.63) is 33.8 Å². The van der Waals surface area contributed by atoms with E-state index >= 15 is 0 Å². The van der Waals surface area contributed by atoms with Gasteiger partial charge < -0.3 is 0 Å². The normalized spacial score (nSPS) is 18.8. The number of benzene rings is 1. The van der Waals surface area contributed by atoms with Crippen LogP contribution >= 0.6 is 34.8 Å². The number of halogens is 3. The fraction of sp³-hybridized carbons (Fsp3) is 0.600. The summed E-state index contributed by atoms with van der Waals surface area (Å²) in [7, 11) is 0. The van der Waals surface area contributed by atoms with Gasteiger partial charge in [0, 0.05) is 10.0 Å². The molecule has 18 heavy (non-hydrogen) atoms. The first-order chi connectivity index (χ1) is 8.66. The molecule has 1 aromatic carbocycles. The van der Waals surface area contributed by atoms with E-state index in [1.54, 1.807) is 6.07 Å². The molecule has 1 aliphatic rings. The molecule has 1 aliphatic carbocycles. The Balaban J connectivity index is 1.88. The Kier molecular flexibility index (Phi) is 5.66. The van der Waals surface area contributed by atoms with Gasteiger partial charge in [-0.15, -0.1) is 11.6 Å². The van der Waals surface area contributed by atoms with Crippen molar-refractivity contribution in [2.75, 3.05) is 0 Å². The van der Waals surface area contributed by atoms with Crippen LogP contribution in [0, 0.1) is 5.92 Å². The van der Waals surface area contributed by atoms with Gasteiger partial charge >= 0.3 is 0 Å². The van der Waals surface area contributed by atoms with E-state index in [9.17, 15) is 0 Å². The summed E-state index contributed by atoms with van der Waals surface area (Å²) in [5.41, 5.74) is 1.01. The van der Waals surface area contributed by atoms with Gasteiger partial charge in [0.1, 0.15) is 0 Å². The van der Waals surface area contributed by atoms with Crippen LogP contribution < -0.4 is 0 Å². The number of hydrogen-bond acceptors (Lipinski definition) is 0. The second-order valence-corrected chi connectivity index (χ2v) is 6.59. The van der Waals surface area contributed by atoms with Crippen molar-refractivity contribution >= 4 is 34.8 Å². The molecule has 0 aromatic heterocycles. The topological polar surface area (TPSA) is 0 Å². The number of alkyl halides is 1. The molecule has 1 saturated carbocycles. The lowest BCUT2D eigenvalue weighted by Crippen LogP contribution is -2.07. The van der Waals surface area contributed by atoms with Gasteiger partial charge in [-0.1, -0.05) is 61.4 Å². The average molecular weight is 306 g/mol. The second kappa shape index (κ2) is 7.03. The van der Waals surface area contributed by atoms with Gasteiger partial charge in [0.05, 0.1) is 5.38 Å². The number of hydrogen-bond donors (Lipinski definition) is 0. The molecule has 0 nitrogen and oxygen atoms in total. The summed E-state index contributed by atoms with van der Waals surface area (Å²) in [5.74, 6) is 0.867. The Hall–Kier alpha value is 0.0900. The van der Waals surface area contributed by atoms with Crippen LogP contribution in [-0.2, 0) is 0 Å². The Bertz CT molecular complexity index is 383. The molecule has 0 radical (unpaired) electrons. The van der Waals surface area contributed by atoms with Gasteiger partial charge in [0.2, 0.25) is 0 Å². The quantitative estimate of drug-likeness (QED) is 0.547. The highest BCUT2D eigenvalue weighted by Gasteiger charge is 2.17. The SMILES string of the molecule is Clc1ccc(C(Cl)CCC2CCCCC2)c(Cl)c1. The minimum atomic E-state index is 0.0108. The molecule has 0 spiro atoms. The highest BCUT2D eigenvalue weighted by Crippen LogP contribution is 2.36. The van der Waals surface area contributed by atoms with Gasteiger partial charge in [0.15, 0.2) is 0 Å². The predicted molar refractivity (Wildman–Crippen MR) is 80.9 cm³/mol. The van der Waals surface area contributed by atoms with Gasteiger partial charge in [-0.2, -0.15) is 0 Å². The van der Waals surface area contributed by atoms with Crippen LogP contribution in [-0.4, -0.2) is 0 Å². The zero-order chi connectivity index (χ0) is 13.0. The number of rotatable bonds is 4.